The largest absolute Gasteiger partial charge is 0.399 e. The van der Waals surface area contributed by atoms with Crippen LogP contribution in [-0.2, 0) is 14.6 Å². The Balaban J connectivity index is 2.31. The molecule has 1 atom stereocenters. The van der Waals surface area contributed by atoms with Gasteiger partial charge < -0.3 is 10.6 Å². The molecule has 1 aliphatic rings. The molecule has 1 unspecified atom stereocenters. The van der Waals surface area contributed by atoms with Crippen molar-refractivity contribution in [3.63, 3.8) is 0 Å². The Kier molecular flexibility index (Phi) is 3.99. The summed E-state index contributed by atoms with van der Waals surface area (Å²) in [6.07, 6.45) is 1.76. The van der Waals surface area contributed by atoms with E-state index in [0.717, 1.165) is 25.0 Å². The second-order valence-electron chi connectivity index (χ2n) is 4.94. The molecule has 0 spiro atoms. The summed E-state index contributed by atoms with van der Waals surface area (Å²) in [5, 5.41) is -1.23. The van der Waals surface area contributed by atoms with Crippen molar-refractivity contribution in [2.24, 2.45) is 0 Å². The number of hydrogen-bond donors (Lipinski definition) is 1. The molecule has 20 heavy (non-hydrogen) atoms. The number of likely N-dealkylation sites (tertiary alicyclic amines) is 1. The van der Waals surface area contributed by atoms with Crippen molar-refractivity contribution in [3.05, 3.63) is 24.0 Å². The molecule has 0 aliphatic carbocycles. The number of rotatable bonds is 3. The predicted molar refractivity (Wildman–Crippen MR) is 73.3 cm³/mol. The van der Waals surface area contributed by atoms with E-state index in [-0.39, 0.29) is 10.6 Å². The van der Waals surface area contributed by atoms with Gasteiger partial charge in [0.25, 0.3) is 0 Å². The molecule has 110 valence electrons. The number of carbonyl (C=O) groups is 1. The molecule has 1 aromatic rings. The molecule has 2 N–H and O–H groups in total. The highest BCUT2D eigenvalue weighted by Gasteiger charge is 2.34. The SMILES string of the molecule is CC(C(=O)N1CCCC1)S(=O)(=O)c1cc(N)cc(F)c1. The topological polar surface area (TPSA) is 80.5 Å². The second kappa shape index (κ2) is 5.40. The number of nitrogen functional groups attached to an aromatic ring is 1. The monoisotopic (exact) mass is 300 g/mol. The van der Waals surface area contributed by atoms with E-state index >= 15 is 0 Å². The molecule has 0 bridgehead atoms. The van der Waals surface area contributed by atoms with Gasteiger partial charge in [0, 0.05) is 18.8 Å². The fraction of sp³-hybridized carbons (Fsp3) is 0.462. The van der Waals surface area contributed by atoms with E-state index in [9.17, 15) is 17.6 Å². The minimum absolute atomic E-state index is 0.0180. The summed E-state index contributed by atoms with van der Waals surface area (Å²) in [6.45, 7) is 2.48. The lowest BCUT2D eigenvalue weighted by molar-refractivity contribution is -0.129. The lowest BCUT2D eigenvalue weighted by Crippen LogP contribution is -2.39. The smallest absolute Gasteiger partial charge is 0.241 e. The van der Waals surface area contributed by atoms with E-state index in [1.165, 1.54) is 17.9 Å². The number of nitrogens with two attached hydrogens (primary N) is 1. The van der Waals surface area contributed by atoms with Crippen LogP contribution in [0.2, 0.25) is 0 Å². The lowest BCUT2D eigenvalue weighted by atomic mass is 10.3. The van der Waals surface area contributed by atoms with Crippen LogP contribution in [0.15, 0.2) is 23.1 Å². The first-order valence-electron chi connectivity index (χ1n) is 6.41. The average Bonchev–Trinajstić information content (AvgIpc) is 2.89. The van der Waals surface area contributed by atoms with Crippen LogP contribution in [0.4, 0.5) is 10.1 Å². The van der Waals surface area contributed by atoms with Gasteiger partial charge in [0.1, 0.15) is 11.1 Å². The first kappa shape index (κ1) is 14.8. The van der Waals surface area contributed by atoms with E-state index in [1.54, 1.807) is 0 Å². The van der Waals surface area contributed by atoms with E-state index < -0.39 is 26.8 Å². The van der Waals surface area contributed by atoms with Gasteiger partial charge in [0.05, 0.1) is 4.90 Å². The van der Waals surface area contributed by atoms with Crippen LogP contribution in [0, 0.1) is 5.82 Å². The maximum atomic E-state index is 13.3. The van der Waals surface area contributed by atoms with Crippen LogP contribution in [0.3, 0.4) is 0 Å². The predicted octanol–water partition coefficient (Wildman–Crippen LogP) is 1.19. The van der Waals surface area contributed by atoms with Crippen LogP contribution in [0.5, 0.6) is 0 Å². The highest BCUT2D eigenvalue weighted by molar-refractivity contribution is 7.92. The zero-order valence-electron chi connectivity index (χ0n) is 11.2. The quantitative estimate of drug-likeness (QED) is 0.850. The molecular weight excluding hydrogens is 283 g/mol. The van der Waals surface area contributed by atoms with Crippen molar-refractivity contribution in [3.8, 4) is 0 Å². The fourth-order valence-corrected chi connectivity index (χ4v) is 3.68. The normalized spacial score (nSPS) is 17.2. The summed E-state index contributed by atoms with van der Waals surface area (Å²) < 4.78 is 38.0. The van der Waals surface area contributed by atoms with Crippen LogP contribution in [0.25, 0.3) is 0 Å². The van der Waals surface area contributed by atoms with Crippen molar-refractivity contribution in [2.45, 2.75) is 29.9 Å². The van der Waals surface area contributed by atoms with Gasteiger partial charge in [-0.15, -0.1) is 0 Å². The van der Waals surface area contributed by atoms with E-state index in [4.69, 9.17) is 5.73 Å². The number of benzene rings is 1. The highest BCUT2D eigenvalue weighted by Crippen LogP contribution is 2.22. The summed E-state index contributed by atoms with van der Waals surface area (Å²) in [5.74, 6) is -1.17. The molecule has 0 radical (unpaired) electrons. The Labute approximate surface area is 117 Å². The Bertz CT molecular complexity index is 604. The summed E-state index contributed by atoms with van der Waals surface area (Å²) in [7, 11) is -3.93. The van der Waals surface area contributed by atoms with Crippen LogP contribution >= 0.6 is 0 Å². The lowest BCUT2D eigenvalue weighted by Gasteiger charge is -2.20. The minimum atomic E-state index is -3.93. The fourth-order valence-electron chi connectivity index (χ4n) is 2.28. The maximum Gasteiger partial charge on any atom is 0.241 e. The van der Waals surface area contributed by atoms with Gasteiger partial charge in [-0.1, -0.05) is 0 Å². The van der Waals surface area contributed by atoms with Crippen molar-refractivity contribution in [1.29, 1.82) is 0 Å². The molecule has 0 saturated carbocycles. The van der Waals surface area contributed by atoms with Crippen molar-refractivity contribution in [1.82, 2.24) is 4.90 Å². The van der Waals surface area contributed by atoms with Gasteiger partial charge in [-0.2, -0.15) is 0 Å². The molecule has 0 aromatic heterocycles. The molecule has 1 aromatic carbocycles. The van der Waals surface area contributed by atoms with E-state index in [2.05, 4.69) is 0 Å². The van der Waals surface area contributed by atoms with Crippen LogP contribution < -0.4 is 5.73 Å². The third kappa shape index (κ3) is 2.77. The number of carbonyl (C=O) groups excluding carboxylic acids is 1. The molecule has 7 heteroatoms. The van der Waals surface area contributed by atoms with E-state index in [1.807, 2.05) is 0 Å². The summed E-state index contributed by atoms with van der Waals surface area (Å²) in [6, 6.07) is 3.09. The van der Waals surface area contributed by atoms with Crippen molar-refractivity contribution < 1.29 is 17.6 Å². The summed E-state index contributed by atoms with van der Waals surface area (Å²) in [5.41, 5.74) is 5.47. The molecule has 1 fully saturated rings. The first-order valence-corrected chi connectivity index (χ1v) is 7.96. The molecule has 1 aliphatic heterocycles. The number of sulfone groups is 1. The van der Waals surface area contributed by atoms with Crippen molar-refractivity contribution in [2.75, 3.05) is 18.8 Å². The average molecular weight is 300 g/mol. The Hall–Kier alpha value is -1.63. The second-order valence-corrected chi connectivity index (χ2v) is 7.21. The third-order valence-corrected chi connectivity index (χ3v) is 5.48. The minimum Gasteiger partial charge on any atom is -0.399 e. The summed E-state index contributed by atoms with van der Waals surface area (Å²) >= 11 is 0. The van der Waals surface area contributed by atoms with Crippen LogP contribution in [-0.4, -0.2) is 37.6 Å². The molecular formula is C13H17FN2O3S. The Morgan fingerprint density at radius 1 is 1.30 bits per heavy atom. The van der Waals surface area contributed by atoms with Gasteiger partial charge >= 0.3 is 0 Å². The molecule has 5 nitrogen and oxygen atoms in total. The van der Waals surface area contributed by atoms with Crippen molar-refractivity contribution >= 4 is 21.4 Å². The van der Waals surface area contributed by atoms with Gasteiger partial charge in [-0.3, -0.25) is 4.79 Å². The van der Waals surface area contributed by atoms with E-state index in [0.29, 0.717) is 13.1 Å². The third-order valence-electron chi connectivity index (χ3n) is 3.45. The van der Waals surface area contributed by atoms with Gasteiger partial charge in [0.2, 0.25) is 5.91 Å². The van der Waals surface area contributed by atoms with Gasteiger partial charge in [-0.25, -0.2) is 12.8 Å². The zero-order chi connectivity index (χ0) is 14.9. The number of amides is 1. The maximum absolute atomic E-state index is 13.3. The molecule has 1 heterocycles. The number of anilines is 1. The Morgan fingerprint density at radius 2 is 1.90 bits per heavy atom. The Morgan fingerprint density at radius 3 is 2.45 bits per heavy atom. The summed E-state index contributed by atoms with van der Waals surface area (Å²) in [4.78, 5) is 13.4. The standard InChI is InChI=1S/C13H17FN2O3S/c1-9(13(17)16-4-2-3-5-16)20(18,19)12-7-10(14)6-11(15)8-12/h6-9H,2-5,15H2,1H3. The molecule has 2 rings (SSSR count). The number of nitrogens with zero attached hydrogens (tertiary/aromatic N) is 1. The number of halogens is 1. The van der Waals surface area contributed by atoms with Crippen LogP contribution in [0.1, 0.15) is 19.8 Å². The molecule has 1 amide bonds. The molecule has 1 saturated heterocycles. The van der Waals surface area contributed by atoms with Gasteiger partial charge in [0.15, 0.2) is 9.84 Å². The first-order chi connectivity index (χ1) is 9.32. The van der Waals surface area contributed by atoms with Gasteiger partial charge in [-0.05, 0) is 38.0 Å². The highest BCUT2D eigenvalue weighted by atomic mass is 32.2. The zero-order valence-corrected chi connectivity index (χ0v) is 12.0. The number of hydrogen-bond acceptors (Lipinski definition) is 4.